The van der Waals surface area contributed by atoms with Crippen molar-refractivity contribution in [3.8, 4) is 11.3 Å². The van der Waals surface area contributed by atoms with Crippen LogP contribution in [0.5, 0.6) is 0 Å². The zero-order valence-corrected chi connectivity index (χ0v) is 16.7. The van der Waals surface area contributed by atoms with Crippen LogP contribution in [0.1, 0.15) is 19.7 Å². The zero-order valence-electron chi connectivity index (χ0n) is 15.2. The molecule has 0 fully saturated rings. The molecular formula is C20H17Cl2FN4O. The first kappa shape index (κ1) is 18.8. The molecule has 2 N–H and O–H groups in total. The number of nitrogens with zero attached hydrogens (tertiary/aromatic N) is 2. The first-order valence-electron chi connectivity index (χ1n) is 8.64. The third kappa shape index (κ3) is 3.34. The van der Waals surface area contributed by atoms with Gasteiger partial charge in [-0.15, -0.1) is 0 Å². The molecule has 3 aromatic rings. The Bertz CT molecular complexity index is 1080. The zero-order chi connectivity index (χ0) is 20.1. The summed E-state index contributed by atoms with van der Waals surface area (Å²) < 4.78 is 15.2. The highest BCUT2D eigenvalue weighted by atomic mass is 35.5. The number of halogens is 3. The highest BCUT2D eigenvalue weighted by Gasteiger charge is 2.36. The first-order chi connectivity index (χ1) is 13.2. The number of rotatable bonds is 3. The molecule has 1 aromatic heterocycles. The average molecular weight is 419 g/mol. The van der Waals surface area contributed by atoms with Gasteiger partial charge in [-0.3, -0.25) is 4.79 Å². The highest BCUT2D eigenvalue weighted by molar-refractivity contribution is 6.42. The van der Waals surface area contributed by atoms with Crippen LogP contribution in [-0.2, 0) is 16.9 Å². The number of imidazole rings is 1. The minimum atomic E-state index is -0.651. The summed E-state index contributed by atoms with van der Waals surface area (Å²) in [4.78, 5) is 17.0. The minimum Gasteiger partial charge on any atom is -0.342 e. The Morgan fingerprint density at radius 3 is 2.54 bits per heavy atom. The van der Waals surface area contributed by atoms with Gasteiger partial charge >= 0.3 is 0 Å². The van der Waals surface area contributed by atoms with Gasteiger partial charge in [0.25, 0.3) is 0 Å². The van der Waals surface area contributed by atoms with E-state index in [0.29, 0.717) is 33.1 Å². The van der Waals surface area contributed by atoms with Crippen molar-refractivity contribution >= 4 is 40.6 Å². The number of amides is 1. The summed E-state index contributed by atoms with van der Waals surface area (Å²) >= 11 is 12.2. The molecule has 0 spiro atoms. The van der Waals surface area contributed by atoms with E-state index >= 15 is 0 Å². The molecule has 1 aliphatic heterocycles. The molecule has 0 saturated carbocycles. The molecule has 144 valence electrons. The Morgan fingerprint density at radius 2 is 1.86 bits per heavy atom. The Hall–Kier alpha value is -2.57. The second-order valence-electron chi connectivity index (χ2n) is 7.15. The summed E-state index contributed by atoms with van der Waals surface area (Å²) in [5.74, 6) is 0.888. The van der Waals surface area contributed by atoms with E-state index in [2.05, 4.69) is 10.6 Å². The smallest absolute Gasteiger partial charge is 0.240 e. The Balaban J connectivity index is 1.89. The summed E-state index contributed by atoms with van der Waals surface area (Å²) in [7, 11) is 0. The number of hydrogen-bond donors (Lipinski definition) is 2. The number of carbonyl (C=O) groups excluding carboxylic acids is 1. The molecule has 0 unspecified atom stereocenters. The fourth-order valence-corrected chi connectivity index (χ4v) is 3.62. The van der Waals surface area contributed by atoms with Gasteiger partial charge in [0.1, 0.15) is 29.7 Å². The molecule has 2 heterocycles. The fourth-order valence-electron chi connectivity index (χ4n) is 3.32. The SMILES string of the molecule is CC1(C)NC(=O)Cn2c1nc(-c1ccc(F)cc1)c2Nc1ccc(Cl)c(Cl)c1. The molecule has 28 heavy (non-hydrogen) atoms. The van der Waals surface area contributed by atoms with Crippen LogP contribution in [0.25, 0.3) is 11.3 Å². The van der Waals surface area contributed by atoms with E-state index in [4.69, 9.17) is 28.2 Å². The maximum absolute atomic E-state index is 13.4. The van der Waals surface area contributed by atoms with Gasteiger partial charge < -0.3 is 15.2 Å². The lowest BCUT2D eigenvalue weighted by atomic mass is 10.0. The van der Waals surface area contributed by atoms with Gasteiger partial charge in [0, 0.05) is 11.3 Å². The number of hydrogen-bond acceptors (Lipinski definition) is 3. The Labute approximate surface area is 171 Å². The topological polar surface area (TPSA) is 59.0 Å². The second kappa shape index (κ2) is 6.79. The molecule has 0 bridgehead atoms. The molecule has 8 heteroatoms. The maximum Gasteiger partial charge on any atom is 0.240 e. The Kier molecular flexibility index (Phi) is 4.56. The van der Waals surface area contributed by atoms with Crippen LogP contribution < -0.4 is 10.6 Å². The van der Waals surface area contributed by atoms with Gasteiger partial charge in [-0.05, 0) is 56.3 Å². The van der Waals surface area contributed by atoms with Gasteiger partial charge in [-0.2, -0.15) is 0 Å². The van der Waals surface area contributed by atoms with Crippen molar-refractivity contribution in [3.05, 3.63) is 64.2 Å². The molecule has 0 saturated heterocycles. The van der Waals surface area contributed by atoms with Crippen molar-refractivity contribution in [1.82, 2.24) is 14.9 Å². The third-order valence-electron chi connectivity index (χ3n) is 4.58. The number of carbonyl (C=O) groups is 1. The standard InChI is InChI=1S/C20H17Cl2FN4O/c1-20(2)19-25-17(11-3-5-12(23)6-4-11)18(27(19)10-16(28)26-20)24-13-7-8-14(21)15(22)9-13/h3-9,24H,10H2,1-2H3,(H,26,28). The van der Waals surface area contributed by atoms with Gasteiger partial charge in [0.05, 0.1) is 15.6 Å². The molecule has 5 nitrogen and oxygen atoms in total. The third-order valence-corrected chi connectivity index (χ3v) is 5.32. The molecule has 1 aliphatic rings. The molecule has 0 aliphatic carbocycles. The largest absolute Gasteiger partial charge is 0.342 e. The second-order valence-corrected chi connectivity index (χ2v) is 7.97. The van der Waals surface area contributed by atoms with Crippen LogP contribution >= 0.6 is 23.2 Å². The molecule has 2 aromatic carbocycles. The summed E-state index contributed by atoms with van der Waals surface area (Å²) in [6.45, 7) is 3.90. The van der Waals surface area contributed by atoms with E-state index in [1.165, 1.54) is 12.1 Å². The van der Waals surface area contributed by atoms with E-state index in [1.807, 2.05) is 18.4 Å². The summed E-state index contributed by atoms with van der Waals surface area (Å²) in [5, 5.41) is 7.10. The van der Waals surface area contributed by atoms with Crippen LogP contribution in [0.2, 0.25) is 10.0 Å². The van der Waals surface area contributed by atoms with Crippen molar-refractivity contribution in [2.45, 2.75) is 25.9 Å². The van der Waals surface area contributed by atoms with Crippen molar-refractivity contribution < 1.29 is 9.18 Å². The monoisotopic (exact) mass is 418 g/mol. The van der Waals surface area contributed by atoms with Gasteiger partial charge in [-0.1, -0.05) is 23.2 Å². The van der Waals surface area contributed by atoms with Crippen LogP contribution in [0.15, 0.2) is 42.5 Å². The molecule has 4 rings (SSSR count). The number of anilines is 2. The van der Waals surface area contributed by atoms with Crippen LogP contribution in [0.4, 0.5) is 15.9 Å². The summed E-state index contributed by atoms with van der Waals surface area (Å²) in [6.07, 6.45) is 0. The molecular weight excluding hydrogens is 402 g/mol. The predicted octanol–water partition coefficient (Wildman–Crippen LogP) is 5.10. The van der Waals surface area contributed by atoms with Gasteiger partial charge in [0.2, 0.25) is 5.91 Å². The highest BCUT2D eigenvalue weighted by Crippen LogP contribution is 2.37. The lowest BCUT2D eigenvalue weighted by Gasteiger charge is -2.31. The molecule has 1 amide bonds. The average Bonchev–Trinajstić information content (AvgIpc) is 2.97. The molecule has 0 radical (unpaired) electrons. The van der Waals surface area contributed by atoms with E-state index in [0.717, 1.165) is 5.56 Å². The Morgan fingerprint density at radius 1 is 1.14 bits per heavy atom. The first-order valence-corrected chi connectivity index (χ1v) is 9.40. The predicted molar refractivity (Wildman–Crippen MR) is 109 cm³/mol. The number of nitrogens with one attached hydrogen (secondary N) is 2. The van der Waals surface area contributed by atoms with Crippen molar-refractivity contribution in [2.24, 2.45) is 0 Å². The lowest BCUT2D eigenvalue weighted by molar-refractivity contribution is -0.124. The number of benzene rings is 2. The number of aromatic nitrogens is 2. The quantitative estimate of drug-likeness (QED) is 0.621. The van der Waals surface area contributed by atoms with E-state index in [-0.39, 0.29) is 18.3 Å². The van der Waals surface area contributed by atoms with Gasteiger partial charge in [0.15, 0.2) is 0 Å². The van der Waals surface area contributed by atoms with Gasteiger partial charge in [-0.25, -0.2) is 9.37 Å². The van der Waals surface area contributed by atoms with Crippen molar-refractivity contribution in [2.75, 3.05) is 5.32 Å². The van der Waals surface area contributed by atoms with Crippen LogP contribution in [0.3, 0.4) is 0 Å². The van der Waals surface area contributed by atoms with E-state index in [1.54, 1.807) is 30.3 Å². The minimum absolute atomic E-state index is 0.113. The number of fused-ring (bicyclic) bond motifs is 1. The lowest BCUT2D eigenvalue weighted by Crippen LogP contribution is -2.49. The van der Waals surface area contributed by atoms with E-state index < -0.39 is 5.54 Å². The van der Waals surface area contributed by atoms with E-state index in [9.17, 15) is 9.18 Å². The van der Waals surface area contributed by atoms with Crippen molar-refractivity contribution in [1.29, 1.82) is 0 Å². The normalized spacial score (nSPS) is 15.1. The van der Waals surface area contributed by atoms with Crippen LogP contribution in [0, 0.1) is 5.82 Å². The van der Waals surface area contributed by atoms with Crippen LogP contribution in [-0.4, -0.2) is 15.5 Å². The molecule has 0 atom stereocenters. The summed E-state index contributed by atoms with van der Waals surface area (Å²) in [6, 6.07) is 11.3. The fraction of sp³-hybridized carbons (Fsp3) is 0.200. The van der Waals surface area contributed by atoms with Crippen molar-refractivity contribution in [3.63, 3.8) is 0 Å². The summed E-state index contributed by atoms with van der Waals surface area (Å²) in [5.41, 5.74) is 1.39. The maximum atomic E-state index is 13.4.